The van der Waals surface area contributed by atoms with Gasteiger partial charge in [0.15, 0.2) is 0 Å². The average molecular weight is 241 g/mol. The molecule has 1 aromatic carbocycles. The number of benzene rings is 1. The summed E-state index contributed by atoms with van der Waals surface area (Å²) >= 11 is 0. The minimum Gasteiger partial charge on any atom is -0.458 e. The van der Waals surface area contributed by atoms with Gasteiger partial charge in [0, 0.05) is 23.8 Å². The predicted molar refractivity (Wildman–Crippen MR) is 68.6 cm³/mol. The van der Waals surface area contributed by atoms with Crippen molar-refractivity contribution in [1.82, 2.24) is 0 Å². The van der Waals surface area contributed by atoms with E-state index in [9.17, 15) is 4.79 Å². The largest absolute Gasteiger partial charge is 0.458 e. The molecule has 2 nitrogen and oxygen atoms in total. The number of Topliss-reactive ketones (excluding diaryl/α,β-unsaturated/α-hetero) is 1. The minimum absolute atomic E-state index is 0.248. The van der Waals surface area contributed by atoms with Gasteiger partial charge in [0.2, 0.25) is 0 Å². The number of hydrogen-bond acceptors (Lipinski definition) is 1. The average Bonchev–Trinajstić information content (AvgIpc) is 2.67. The summed E-state index contributed by atoms with van der Waals surface area (Å²) in [6.45, 7) is 0. The zero-order chi connectivity index (χ0) is 12.3. The Kier molecular flexibility index (Phi) is 2.19. The molecule has 4 fully saturated rings. The van der Waals surface area contributed by atoms with Gasteiger partial charge < -0.3 is 4.90 Å². The van der Waals surface area contributed by atoms with E-state index in [2.05, 4.69) is 31.3 Å². The van der Waals surface area contributed by atoms with Crippen LogP contribution in [0.5, 0.6) is 0 Å². The van der Waals surface area contributed by atoms with Crippen molar-refractivity contribution in [2.45, 2.75) is 31.3 Å². The molecule has 3 aliphatic carbocycles. The van der Waals surface area contributed by atoms with Gasteiger partial charge in [0.1, 0.15) is 5.78 Å². The molecular formula is C16H19NO. The van der Waals surface area contributed by atoms with E-state index >= 15 is 0 Å². The lowest BCUT2D eigenvalue weighted by Gasteiger charge is -2.39. The standard InChI is InChI=1S/C16H19NO/c1-17-13-9-11-7-8-12(13)14(16(11)18)15(17)10-5-3-2-4-6-10/h2-6,11-15,17H,1,7-9H2/t11-,12+,13+,14+,15-/m1/s1. The van der Waals surface area contributed by atoms with Gasteiger partial charge in [-0.05, 0) is 12.8 Å². The monoisotopic (exact) mass is 241 g/mol. The van der Waals surface area contributed by atoms with Crippen LogP contribution in [0, 0.1) is 24.8 Å². The number of quaternary nitrogens is 1. The number of carbonyl (C=O) groups excluding carboxylic acids is 1. The molecule has 6 atom stereocenters. The Morgan fingerprint density at radius 2 is 1.94 bits per heavy atom. The van der Waals surface area contributed by atoms with Gasteiger partial charge in [-0.1, -0.05) is 30.3 Å². The van der Waals surface area contributed by atoms with Crippen molar-refractivity contribution in [3.63, 3.8) is 0 Å². The van der Waals surface area contributed by atoms with Crippen molar-refractivity contribution in [3.8, 4) is 0 Å². The number of likely N-dealkylation sites (tertiary alicyclic amines) is 1. The molecule has 1 heterocycles. The van der Waals surface area contributed by atoms with Crippen molar-refractivity contribution >= 4 is 5.78 Å². The first-order valence-corrected chi connectivity index (χ1v) is 7.04. The van der Waals surface area contributed by atoms with Crippen molar-refractivity contribution in [1.29, 1.82) is 0 Å². The van der Waals surface area contributed by atoms with E-state index in [1.807, 2.05) is 6.07 Å². The summed E-state index contributed by atoms with van der Waals surface area (Å²) in [7, 11) is 4.36. The van der Waals surface area contributed by atoms with E-state index in [1.54, 1.807) is 0 Å². The van der Waals surface area contributed by atoms with Crippen LogP contribution in [-0.4, -0.2) is 11.8 Å². The molecule has 0 spiro atoms. The van der Waals surface area contributed by atoms with Gasteiger partial charge in [-0.2, -0.15) is 0 Å². The summed E-state index contributed by atoms with van der Waals surface area (Å²) in [5.74, 6) is 1.73. The zero-order valence-electron chi connectivity index (χ0n) is 10.5. The lowest BCUT2D eigenvalue weighted by atomic mass is 9.62. The molecule has 4 bridgehead atoms. The van der Waals surface area contributed by atoms with Crippen LogP contribution < -0.4 is 4.90 Å². The van der Waals surface area contributed by atoms with Crippen molar-refractivity contribution in [2.75, 3.05) is 0 Å². The van der Waals surface area contributed by atoms with Gasteiger partial charge in [-0.3, -0.25) is 4.79 Å². The molecule has 18 heavy (non-hydrogen) atoms. The summed E-state index contributed by atoms with van der Waals surface area (Å²) in [6.07, 6.45) is 3.46. The Morgan fingerprint density at radius 3 is 2.72 bits per heavy atom. The van der Waals surface area contributed by atoms with Crippen LogP contribution in [0.25, 0.3) is 0 Å². The van der Waals surface area contributed by atoms with E-state index < -0.39 is 0 Å². The fourth-order valence-electron chi connectivity index (χ4n) is 4.75. The lowest BCUT2D eigenvalue weighted by molar-refractivity contribution is -0.901. The van der Waals surface area contributed by atoms with E-state index in [0.29, 0.717) is 29.7 Å². The number of nitrogens with one attached hydrogen (secondary N) is 1. The van der Waals surface area contributed by atoms with E-state index in [-0.39, 0.29) is 5.92 Å². The number of fused-ring (bicyclic) bond motifs is 1. The summed E-state index contributed by atoms with van der Waals surface area (Å²) in [5.41, 5.74) is 1.30. The maximum atomic E-state index is 12.5. The molecule has 2 heteroatoms. The van der Waals surface area contributed by atoms with E-state index in [1.165, 1.54) is 16.9 Å². The molecule has 94 valence electrons. The third-order valence-electron chi connectivity index (χ3n) is 5.49. The first-order valence-electron chi connectivity index (χ1n) is 7.04. The molecule has 3 saturated carbocycles. The maximum Gasteiger partial charge on any atom is 0.146 e. The summed E-state index contributed by atoms with van der Waals surface area (Å²) in [4.78, 5) is 13.9. The predicted octanol–water partition coefficient (Wildman–Crippen LogP) is 1.40. The van der Waals surface area contributed by atoms with Crippen LogP contribution in [-0.2, 0) is 4.79 Å². The highest BCUT2D eigenvalue weighted by atomic mass is 16.1. The van der Waals surface area contributed by atoms with Crippen molar-refractivity contribution in [3.05, 3.63) is 42.9 Å². The highest BCUT2D eigenvalue weighted by Gasteiger charge is 2.60. The Balaban J connectivity index is 1.79. The van der Waals surface area contributed by atoms with Gasteiger partial charge in [0.25, 0.3) is 0 Å². The van der Waals surface area contributed by atoms with Gasteiger partial charge in [-0.25, -0.2) is 0 Å². The number of rotatable bonds is 1. The molecule has 1 unspecified atom stereocenters. The summed E-state index contributed by atoms with van der Waals surface area (Å²) in [6, 6.07) is 11.5. The van der Waals surface area contributed by atoms with E-state index in [0.717, 1.165) is 12.8 Å². The molecule has 1 aliphatic heterocycles. The van der Waals surface area contributed by atoms with Crippen LogP contribution in [0.1, 0.15) is 30.9 Å². The molecule has 0 radical (unpaired) electrons. The second kappa shape index (κ2) is 3.67. The van der Waals surface area contributed by atoms with E-state index in [4.69, 9.17) is 0 Å². The molecule has 0 amide bonds. The smallest absolute Gasteiger partial charge is 0.146 e. The van der Waals surface area contributed by atoms with Crippen LogP contribution in [0.15, 0.2) is 30.3 Å². The van der Waals surface area contributed by atoms with Gasteiger partial charge in [0.05, 0.1) is 18.0 Å². The number of carbonyl (C=O) groups is 1. The zero-order valence-corrected chi connectivity index (χ0v) is 10.5. The minimum atomic E-state index is 0.248. The first kappa shape index (κ1) is 10.7. The maximum absolute atomic E-state index is 12.5. The van der Waals surface area contributed by atoms with Crippen LogP contribution in [0.3, 0.4) is 0 Å². The van der Waals surface area contributed by atoms with Crippen LogP contribution in [0.2, 0.25) is 0 Å². The first-order chi connectivity index (χ1) is 8.77. The topological polar surface area (TPSA) is 21.5 Å². The molecule has 1 aromatic rings. The molecule has 1 saturated heterocycles. The molecule has 1 N–H and O–H groups in total. The molecular weight excluding hydrogens is 222 g/mol. The second-order valence-electron chi connectivity index (χ2n) is 6.17. The molecule has 5 rings (SSSR count). The van der Waals surface area contributed by atoms with Gasteiger partial charge in [-0.15, -0.1) is 7.05 Å². The fraction of sp³-hybridized carbons (Fsp3) is 0.500. The Bertz CT molecular complexity index is 483. The quantitative estimate of drug-likeness (QED) is 0.737. The molecule has 4 aliphatic rings. The Morgan fingerprint density at radius 1 is 1.17 bits per heavy atom. The van der Waals surface area contributed by atoms with Crippen LogP contribution >= 0.6 is 0 Å². The summed E-state index contributed by atoms with van der Waals surface area (Å²) in [5, 5.41) is 0. The molecule has 0 aromatic heterocycles. The third kappa shape index (κ3) is 1.24. The SMILES string of the molecule is [CH2-][NH+]1[C@H](c2ccccc2)[C@H]2C(=O)[C@@H]3CC[C@H]2[C@@H]1C3. The van der Waals surface area contributed by atoms with Crippen molar-refractivity contribution < 1.29 is 9.69 Å². The number of ketones is 1. The summed E-state index contributed by atoms with van der Waals surface area (Å²) < 4.78 is 0. The Labute approximate surface area is 108 Å². The van der Waals surface area contributed by atoms with Crippen LogP contribution in [0.4, 0.5) is 0 Å². The highest BCUT2D eigenvalue weighted by molar-refractivity contribution is 5.86. The lowest BCUT2D eigenvalue weighted by Crippen LogP contribution is -3.09. The van der Waals surface area contributed by atoms with Gasteiger partial charge >= 0.3 is 0 Å². The normalized spacial score (nSPS) is 45.5. The van der Waals surface area contributed by atoms with Crippen molar-refractivity contribution in [2.24, 2.45) is 17.8 Å². The Hall–Kier alpha value is -1.15. The highest BCUT2D eigenvalue weighted by Crippen LogP contribution is 2.49. The second-order valence-corrected chi connectivity index (χ2v) is 6.17. The number of hydrogen-bond donors (Lipinski definition) is 1. The fourth-order valence-corrected chi connectivity index (χ4v) is 4.75. The third-order valence-corrected chi connectivity index (χ3v) is 5.49.